The Bertz CT molecular complexity index is 830. The molecule has 4 nitrogen and oxygen atoms in total. The number of amides is 2. The van der Waals surface area contributed by atoms with Crippen LogP contribution in [0.4, 0.5) is 5.69 Å². The molecule has 130 valence electrons. The van der Waals surface area contributed by atoms with E-state index in [9.17, 15) is 9.59 Å². The van der Waals surface area contributed by atoms with Gasteiger partial charge in [0.2, 0.25) is 0 Å². The molecule has 5 heteroatoms. The van der Waals surface area contributed by atoms with Crippen LogP contribution in [0.2, 0.25) is 5.02 Å². The molecule has 0 heterocycles. The summed E-state index contributed by atoms with van der Waals surface area (Å²) in [6, 6.07) is 10.7. The summed E-state index contributed by atoms with van der Waals surface area (Å²) in [5, 5.41) is 6.04. The largest absolute Gasteiger partial charge is 0.350 e. The first-order valence-electron chi connectivity index (χ1n) is 8.47. The van der Waals surface area contributed by atoms with Crippen molar-refractivity contribution in [2.45, 2.75) is 39.2 Å². The van der Waals surface area contributed by atoms with E-state index < -0.39 is 0 Å². The van der Waals surface area contributed by atoms with E-state index >= 15 is 0 Å². The number of hydrogen-bond acceptors (Lipinski definition) is 2. The summed E-state index contributed by atoms with van der Waals surface area (Å²) in [6.07, 6.45) is 3.23. The lowest BCUT2D eigenvalue weighted by molar-refractivity contribution is 0.0942. The molecule has 0 spiro atoms. The van der Waals surface area contributed by atoms with Gasteiger partial charge in [-0.2, -0.15) is 0 Å². The van der Waals surface area contributed by atoms with E-state index in [0.29, 0.717) is 21.8 Å². The van der Waals surface area contributed by atoms with Crippen molar-refractivity contribution in [3.63, 3.8) is 0 Å². The normalized spacial score (nSPS) is 12.8. The molecule has 2 aromatic carbocycles. The number of fused-ring (bicyclic) bond motifs is 1. The maximum Gasteiger partial charge on any atom is 0.255 e. The van der Waals surface area contributed by atoms with Crippen LogP contribution in [0.3, 0.4) is 0 Å². The van der Waals surface area contributed by atoms with E-state index in [4.69, 9.17) is 11.6 Å². The highest BCUT2D eigenvalue weighted by atomic mass is 35.5. The number of nitrogens with one attached hydrogen (secondary N) is 2. The number of halogens is 1. The number of benzene rings is 2. The summed E-state index contributed by atoms with van der Waals surface area (Å²) in [5.41, 5.74) is 4.06. The molecule has 0 unspecified atom stereocenters. The van der Waals surface area contributed by atoms with Crippen LogP contribution in [0.15, 0.2) is 36.4 Å². The zero-order valence-electron chi connectivity index (χ0n) is 14.4. The van der Waals surface area contributed by atoms with Crippen molar-refractivity contribution in [1.29, 1.82) is 0 Å². The summed E-state index contributed by atoms with van der Waals surface area (Å²) in [6.45, 7) is 3.79. The minimum atomic E-state index is -0.224. The molecule has 0 aromatic heterocycles. The monoisotopic (exact) mass is 356 g/mol. The molecule has 0 atom stereocenters. The quantitative estimate of drug-likeness (QED) is 0.861. The number of aryl methyl sites for hydroxylation is 2. The fourth-order valence-electron chi connectivity index (χ4n) is 3.02. The highest BCUT2D eigenvalue weighted by Crippen LogP contribution is 2.26. The van der Waals surface area contributed by atoms with Gasteiger partial charge in [0.05, 0.1) is 10.7 Å². The third-order valence-electron chi connectivity index (χ3n) is 4.26. The number of carbonyl (C=O) groups excluding carboxylic acids is 2. The van der Waals surface area contributed by atoms with Crippen LogP contribution in [0, 0.1) is 0 Å². The number of hydrogen-bond donors (Lipinski definition) is 2. The summed E-state index contributed by atoms with van der Waals surface area (Å²) in [5.74, 6) is -0.419. The predicted octanol–water partition coefficient (Wildman–Crippen LogP) is 4.22. The third-order valence-corrected chi connectivity index (χ3v) is 4.59. The maximum atomic E-state index is 12.6. The summed E-state index contributed by atoms with van der Waals surface area (Å²) in [4.78, 5) is 24.7. The second-order valence-electron chi connectivity index (χ2n) is 6.61. The van der Waals surface area contributed by atoms with E-state index in [0.717, 1.165) is 19.3 Å². The van der Waals surface area contributed by atoms with Gasteiger partial charge in [-0.25, -0.2) is 0 Å². The van der Waals surface area contributed by atoms with Crippen LogP contribution >= 0.6 is 11.6 Å². The van der Waals surface area contributed by atoms with Crippen LogP contribution in [-0.4, -0.2) is 17.9 Å². The Balaban J connectivity index is 1.80. The van der Waals surface area contributed by atoms with Crippen molar-refractivity contribution in [3.05, 3.63) is 63.7 Å². The van der Waals surface area contributed by atoms with E-state index in [1.54, 1.807) is 18.2 Å². The fraction of sp³-hybridized carbons (Fsp3) is 0.300. The number of anilines is 1. The topological polar surface area (TPSA) is 58.2 Å². The fourth-order valence-corrected chi connectivity index (χ4v) is 3.18. The third kappa shape index (κ3) is 4.02. The smallest absolute Gasteiger partial charge is 0.255 e. The van der Waals surface area contributed by atoms with Gasteiger partial charge in [0.1, 0.15) is 0 Å². The maximum absolute atomic E-state index is 12.6. The average Bonchev–Trinajstić information content (AvgIpc) is 3.03. The average molecular weight is 357 g/mol. The van der Waals surface area contributed by atoms with Gasteiger partial charge in [-0.15, -0.1) is 0 Å². The molecule has 25 heavy (non-hydrogen) atoms. The summed E-state index contributed by atoms with van der Waals surface area (Å²) in [7, 11) is 0. The molecule has 0 aliphatic heterocycles. The first-order chi connectivity index (χ1) is 11.9. The predicted molar refractivity (Wildman–Crippen MR) is 100 cm³/mol. The molecule has 0 saturated carbocycles. The minimum absolute atomic E-state index is 0.0348. The molecule has 1 aliphatic carbocycles. The van der Waals surface area contributed by atoms with Gasteiger partial charge in [-0.05, 0) is 74.6 Å². The molecular formula is C20H21ClN2O2. The molecule has 0 saturated heterocycles. The number of carbonyl (C=O) groups is 2. The molecular weight excluding hydrogens is 336 g/mol. The van der Waals surface area contributed by atoms with Gasteiger partial charge >= 0.3 is 0 Å². The molecule has 2 N–H and O–H groups in total. The summed E-state index contributed by atoms with van der Waals surface area (Å²) >= 11 is 6.19. The summed E-state index contributed by atoms with van der Waals surface area (Å²) < 4.78 is 0. The van der Waals surface area contributed by atoms with Crippen LogP contribution in [0.1, 0.15) is 52.1 Å². The lowest BCUT2D eigenvalue weighted by Crippen LogP contribution is -2.30. The molecule has 3 rings (SSSR count). The van der Waals surface area contributed by atoms with Crippen molar-refractivity contribution in [1.82, 2.24) is 5.32 Å². The SMILES string of the molecule is CC(C)NC(=O)c1ccc(Cl)c(NC(=O)c2ccc3c(c2)CCC3)c1. The van der Waals surface area contributed by atoms with Crippen molar-refractivity contribution in [2.75, 3.05) is 5.32 Å². The second-order valence-corrected chi connectivity index (χ2v) is 7.02. The van der Waals surface area contributed by atoms with Gasteiger partial charge in [0.15, 0.2) is 0 Å². The first-order valence-corrected chi connectivity index (χ1v) is 8.85. The molecule has 1 aliphatic rings. The van der Waals surface area contributed by atoms with E-state index in [1.807, 2.05) is 32.0 Å². The highest BCUT2D eigenvalue weighted by molar-refractivity contribution is 6.34. The van der Waals surface area contributed by atoms with Crippen LogP contribution in [0.5, 0.6) is 0 Å². The van der Waals surface area contributed by atoms with Crippen LogP contribution in [0.25, 0.3) is 0 Å². The molecule has 2 aromatic rings. The van der Waals surface area contributed by atoms with Crippen molar-refractivity contribution in [3.8, 4) is 0 Å². The van der Waals surface area contributed by atoms with E-state index in [-0.39, 0.29) is 17.9 Å². The Morgan fingerprint density at radius 3 is 2.40 bits per heavy atom. The lowest BCUT2D eigenvalue weighted by Gasteiger charge is -2.12. The van der Waals surface area contributed by atoms with Gasteiger partial charge in [-0.3, -0.25) is 9.59 Å². The number of rotatable bonds is 4. The van der Waals surface area contributed by atoms with Crippen LogP contribution in [-0.2, 0) is 12.8 Å². The van der Waals surface area contributed by atoms with Crippen molar-refractivity contribution in [2.24, 2.45) is 0 Å². The second kappa shape index (κ2) is 7.28. The Morgan fingerprint density at radius 1 is 0.960 bits per heavy atom. The van der Waals surface area contributed by atoms with Gasteiger partial charge in [-0.1, -0.05) is 17.7 Å². The van der Waals surface area contributed by atoms with Crippen molar-refractivity contribution >= 4 is 29.1 Å². The van der Waals surface area contributed by atoms with E-state index in [1.165, 1.54) is 11.1 Å². The van der Waals surface area contributed by atoms with Gasteiger partial charge < -0.3 is 10.6 Å². The van der Waals surface area contributed by atoms with Crippen molar-refractivity contribution < 1.29 is 9.59 Å². The first kappa shape index (κ1) is 17.5. The molecule has 2 amide bonds. The zero-order chi connectivity index (χ0) is 18.0. The van der Waals surface area contributed by atoms with E-state index in [2.05, 4.69) is 10.6 Å². The van der Waals surface area contributed by atoms with Gasteiger partial charge in [0, 0.05) is 17.2 Å². The lowest BCUT2D eigenvalue weighted by atomic mass is 10.1. The Kier molecular flexibility index (Phi) is 5.09. The zero-order valence-corrected chi connectivity index (χ0v) is 15.1. The highest BCUT2D eigenvalue weighted by Gasteiger charge is 2.16. The Labute approximate surface area is 152 Å². The Morgan fingerprint density at radius 2 is 1.64 bits per heavy atom. The Hall–Kier alpha value is -2.33. The minimum Gasteiger partial charge on any atom is -0.350 e. The molecule has 0 radical (unpaired) electrons. The molecule has 0 fully saturated rings. The van der Waals surface area contributed by atoms with Crippen LogP contribution < -0.4 is 10.6 Å². The molecule has 0 bridgehead atoms. The van der Waals surface area contributed by atoms with Gasteiger partial charge in [0.25, 0.3) is 11.8 Å². The standard InChI is InChI=1S/C20H21ClN2O2/c1-12(2)22-19(24)16-8-9-17(21)18(11-16)23-20(25)15-7-6-13-4-3-5-14(13)10-15/h6-12H,3-5H2,1-2H3,(H,22,24)(H,23,25).